The SMILES string of the molecule is CC(=O)c1ccc(N(C(=O)[C@@H]2COc3ccccc3O2)[C@@H](C(=O)NC2CCCCC2)c2ccc(F)cc2)cc1. The largest absolute Gasteiger partial charge is 0.485 e. The molecule has 3 aromatic rings. The summed E-state index contributed by atoms with van der Waals surface area (Å²) in [5, 5.41) is 3.13. The molecule has 0 bridgehead atoms. The molecule has 0 spiro atoms. The predicted molar refractivity (Wildman–Crippen MR) is 144 cm³/mol. The van der Waals surface area contributed by atoms with Crippen LogP contribution in [0.4, 0.5) is 10.1 Å². The third kappa shape index (κ3) is 5.95. The Hall–Kier alpha value is -4.20. The Morgan fingerprint density at radius 3 is 2.23 bits per heavy atom. The highest BCUT2D eigenvalue weighted by atomic mass is 19.1. The van der Waals surface area contributed by atoms with Crippen LogP contribution in [0, 0.1) is 5.82 Å². The molecule has 0 aromatic heterocycles. The summed E-state index contributed by atoms with van der Waals surface area (Å²) in [6.07, 6.45) is 3.86. The van der Waals surface area contributed by atoms with Crippen molar-refractivity contribution in [3.63, 3.8) is 0 Å². The standard InChI is InChI=1S/C31H31FN2O5/c1-20(35)21-13-17-25(18-14-21)34(31(37)28-19-38-26-9-5-6-10-27(26)39-28)29(22-11-15-23(32)16-12-22)30(36)33-24-7-3-2-4-8-24/h5-6,9-18,24,28-29H,2-4,7-8,19H2,1H3,(H,33,36)/t28-,29+/m0/s1. The number of fused-ring (bicyclic) bond motifs is 1. The number of hydrogen-bond donors (Lipinski definition) is 1. The van der Waals surface area contributed by atoms with Crippen molar-refractivity contribution in [1.29, 1.82) is 0 Å². The van der Waals surface area contributed by atoms with E-state index in [0.717, 1.165) is 32.1 Å². The second kappa shape index (κ2) is 11.7. The number of nitrogens with zero attached hydrogens (tertiary/aromatic N) is 1. The van der Waals surface area contributed by atoms with E-state index in [9.17, 15) is 18.8 Å². The van der Waals surface area contributed by atoms with Gasteiger partial charge in [-0.1, -0.05) is 43.5 Å². The van der Waals surface area contributed by atoms with Crippen molar-refractivity contribution in [1.82, 2.24) is 5.32 Å². The molecule has 1 heterocycles. The quantitative estimate of drug-likeness (QED) is 0.414. The van der Waals surface area contributed by atoms with Crippen LogP contribution in [0.2, 0.25) is 0 Å². The number of ether oxygens (including phenoxy) is 2. The topological polar surface area (TPSA) is 84.9 Å². The van der Waals surface area contributed by atoms with Crippen LogP contribution in [0.3, 0.4) is 0 Å². The number of benzene rings is 3. The van der Waals surface area contributed by atoms with Crippen LogP contribution in [0.5, 0.6) is 11.5 Å². The van der Waals surface area contributed by atoms with Crippen LogP contribution in [-0.2, 0) is 9.59 Å². The van der Waals surface area contributed by atoms with Gasteiger partial charge in [0.05, 0.1) is 0 Å². The van der Waals surface area contributed by atoms with Crippen molar-refractivity contribution in [2.75, 3.05) is 11.5 Å². The number of para-hydroxylation sites is 2. The van der Waals surface area contributed by atoms with Gasteiger partial charge in [0.15, 0.2) is 17.3 Å². The van der Waals surface area contributed by atoms with Gasteiger partial charge >= 0.3 is 0 Å². The van der Waals surface area contributed by atoms with E-state index in [4.69, 9.17) is 9.47 Å². The Morgan fingerprint density at radius 2 is 1.56 bits per heavy atom. The van der Waals surface area contributed by atoms with Crippen molar-refractivity contribution >= 4 is 23.3 Å². The first kappa shape index (κ1) is 26.4. The third-order valence-corrected chi connectivity index (χ3v) is 7.22. The highest BCUT2D eigenvalue weighted by Crippen LogP contribution is 2.35. The Bertz CT molecular complexity index is 1340. The number of anilines is 1. The Balaban J connectivity index is 1.55. The third-order valence-electron chi connectivity index (χ3n) is 7.22. The number of rotatable bonds is 7. The first-order chi connectivity index (χ1) is 18.9. The molecule has 0 radical (unpaired) electrons. The number of halogens is 1. The van der Waals surface area contributed by atoms with Crippen LogP contribution in [-0.4, -0.2) is 36.4 Å². The second-order valence-corrected chi connectivity index (χ2v) is 9.97. The van der Waals surface area contributed by atoms with Crippen molar-refractivity contribution in [2.45, 2.75) is 57.2 Å². The second-order valence-electron chi connectivity index (χ2n) is 9.97. The van der Waals surface area contributed by atoms with E-state index >= 15 is 0 Å². The van der Waals surface area contributed by atoms with Gasteiger partial charge < -0.3 is 14.8 Å². The zero-order chi connectivity index (χ0) is 27.4. The molecule has 7 nitrogen and oxygen atoms in total. The van der Waals surface area contributed by atoms with Crippen molar-refractivity contribution < 1.29 is 28.2 Å². The zero-order valence-electron chi connectivity index (χ0n) is 21.8. The van der Waals surface area contributed by atoms with E-state index in [0.29, 0.717) is 28.3 Å². The summed E-state index contributed by atoms with van der Waals surface area (Å²) in [5.41, 5.74) is 1.33. The average Bonchev–Trinajstić information content (AvgIpc) is 2.96. The summed E-state index contributed by atoms with van der Waals surface area (Å²) in [6, 6.07) is 18.0. The molecular formula is C31H31FN2O5. The molecule has 1 fully saturated rings. The summed E-state index contributed by atoms with van der Waals surface area (Å²) in [7, 11) is 0. The Labute approximate surface area is 226 Å². The molecule has 39 heavy (non-hydrogen) atoms. The summed E-state index contributed by atoms with van der Waals surface area (Å²) in [5.74, 6) is -0.467. The molecule has 2 aliphatic rings. The Morgan fingerprint density at radius 1 is 0.897 bits per heavy atom. The zero-order valence-corrected chi connectivity index (χ0v) is 21.8. The Kier molecular flexibility index (Phi) is 7.91. The number of nitrogens with one attached hydrogen (secondary N) is 1. The molecule has 202 valence electrons. The van der Waals surface area contributed by atoms with E-state index in [1.807, 2.05) is 6.07 Å². The highest BCUT2D eigenvalue weighted by Gasteiger charge is 2.39. The molecule has 2 amide bonds. The molecule has 3 aromatic carbocycles. The number of Topliss-reactive ketones (excluding diaryl/α,β-unsaturated/α-hetero) is 1. The summed E-state index contributed by atoms with van der Waals surface area (Å²) >= 11 is 0. The van der Waals surface area contributed by atoms with Crippen LogP contribution < -0.4 is 19.7 Å². The fourth-order valence-electron chi connectivity index (χ4n) is 5.15. The van der Waals surface area contributed by atoms with Gasteiger partial charge in [-0.25, -0.2) is 4.39 Å². The fraction of sp³-hybridized carbons (Fsp3) is 0.323. The van der Waals surface area contributed by atoms with E-state index < -0.39 is 23.9 Å². The smallest absolute Gasteiger partial charge is 0.272 e. The minimum Gasteiger partial charge on any atom is -0.485 e. The molecule has 1 aliphatic heterocycles. The van der Waals surface area contributed by atoms with E-state index in [-0.39, 0.29) is 24.3 Å². The van der Waals surface area contributed by atoms with Gasteiger partial charge in [-0.05, 0) is 73.9 Å². The summed E-state index contributed by atoms with van der Waals surface area (Å²) < 4.78 is 25.7. The maximum absolute atomic E-state index is 14.2. The number of hydrogen-bond acceptors (Lipinski definition) is 5. The molecule has 1 N–H and O–H groups in total. The van der Waals surface area contributed by atoms with Gasteiger partial charge in [0.25, 0.3) is 5.91 Å². The number of carbonyl (C=O) groups excluding carboxylic acids is 3. The number of carbonyl (C=O) groups is 3. The number of ketones is 1. The van der Waals surface area contributed by atoms with Gasteiger partial charge in [-0.15, -0.1) is 0 Å². The van der Waals surface area contributed by atoms with Crippen LogP contribution in [0.15, 0.2) is 72.8 Å². The van der Waals surface area contributed by atoms with Crippen molar-refractivity contribution in [3.8, 4) is 11.5 Å². The van der Waals surface area contributed by atoms with Crippen LogP contribution in [0.1, 0.15) is 61.0 Å². The van der Waals surface area contributed by atoms with Gasteiger partial charge in [-0.3, -0.25) is 19.3 Å². The molecule has 2 atom stereocenters. The lowest BCUT2D eigenvalue weighted by atomic mass is 9.94. The predicted octanol–water partition coefficient (Wildman–Crippen LogP) is 5.39. The lowest BCUT2D eigenvalue weighted by molar-refractivity contribution is -0.132. The molecule has 5 rings (SSSR count). The average molecular weight is 531 g/mol. The lowest BCUT2D eigenvalue weighted by Gasteiger charge is -2.36. The number of amides is 2. The van der Waals surface area contributed by atoms with Gasteiger partial charge in [0, 0.05) is 17.3 Å². The molecule has 0 saturated heterocycles. The van der Waals surface area contributed by atoms with E-state index in [1.54, 1.807) is 42.5 Å². The molecule has 1 aliphatic carbocycles. The van der Waals surface area contributed by atoms with E-state index in [2.05, 4.69) is 5.32 Å². The van der Waals surface area contributed by atoms with Crippen LogP contribution >= 0.6 is 0 Å². The van der Waals surface area contributed by atoms with Crippen molar-refractivity contribution in [2.24, 2.45) is 0 Å². The first-order valence-corrected chi connectivity index (χ1v) is 13.3. The van der Waals surface area contributed by atoms with E-state index in [1.165, 1.54) is 36.1 Å². The minimum absolute atomic E-state index is 0.00706. The van der Waals surface area contributed by atoms with Crippen molar-refractivity contribution in [3.05, 3.63) is 89.7 Å². The first-order valence-electron chi connectivity index (χ1n) is 13.3. The molecule has 8 heteroatoms. The van der Waals surface area contributed by atoms with Gasteiger partial charge in [0.2, 0.25) is 12.0 Å². The van der Waals surface area contributed by atoms with Gasteiger partial charge in [-0.2, -0.15) is 0 Å². The fourth-order valence-corrected chi connectivity index (χ4v) is 5.15. The highest BCUT2D eigenvalue weighted by molar-refractivity contribution is 6.04. The van der Waals surface area contributed by atoms with Crippen LogP contribution in [0.25, 0.3) is 0 Å². The molecular weight excluding hydrogens is 499 g/mol. The maximum atomic E-state index is 14.2. The molecule has 0 unspecified atom stereocenters. The monoisotopic (exact) mass is 530 g/mol. The normalized spacial score (nSPS) is 17.6. The minimum atomic E-state index is -1.11. The summed E-state index contributed by atoms with van der Waals surface area (Å²) in [6.45, 7) is 1.42. The molecule has 1 saturated carbocycles. The maximum Gasteiger partial charge on any atom is 0.272 e. The summed E-state index contributed by atoms with van der Waals surface area (Å²) in [4.78, 5) is 41.5. The lowest BCUT2D eigenvalue weighted by Crippen LogP contribution is -2.52. The van der Waals surface area contributed by atoms with Gasteiger partial charge in [0.1, 0.15) is 18.5 Å².